The molecule has 0 spiro atoms. The summed E-state index contributed by atoms with van der Waals surface area (Å²) in [7, 11) is 1.30. The van der Waals surface area contributed by atoms with Crippen molar-refractivity contribution in [1.82, 2.24) is 25.4 Å². The van der Waals surface area contributed by atoms with Crippen molar-refractivity contribution in [3.8, 4) is 17.1 Å². The zero-order valence-electron chi connectivity index (χ0n) is 21.1. The molecule has 2 amide bonds. The molecule has 2 aliphatic rings. The Morgan fingerprint density at radius 1 is 1.15 bits per heavy atom. The first-order chi connectivity index (χ1) is 18.6. The summed E-state index contributed by atoms with van der Waals surface area (Å²) >= 11 is 0. The van der Waals surface area contributed by atoms with Gasteiger partial charge in [0.05, 0.1) is 19.0 Å². The SMILES string of the molecule is COc1cc(-c2cc(C(=O)N3CC[C@@H](C(=O)NC4CCC(O)(C(F)(F)F)CC4)C[C@H]3C(F)(F)F)[nH]n2)c(F)cn1. The van der Waals surface area contributed by atoms with E-state index in [1.807, 2.05) is 0 Å². The molecule has 1 aliphatic carbocycles. The van der Waals surface area contributed by atoms with Crippen molar-refractivity contribution < 1.29 is 50.2 Å². The molecular weight excluding hydrogens is 555 g/mol. The number of nitrogens with zero attached hydrogens (tertiary/aromatic N) is 3. The van der Waals surface area contributed by atoms with Crippen LogP contribution in [0.2, 0.25) is 0 Å². The quantitative estimate of drug-likeness (QED) is 0.463. The Morgan fingerprint density at radius 2 is 1.82 bits per heavy atom. The van der Waals surface area contributed by atoms with Crippen molar-refractivity contribution in [2.75, 3.05) is 13.7 Å². The standard InChI is InChI=1S/C24H26F7N5O4/c1-40-19-9-14(15(25)11-32-19)16-10-17(35-34-16)21(38)36-7-4-12(8-18(36)23(26,27)28)20(37)33-13-2-5-22(39,6-3-13)24(29,30)31/h9-13,18,39H,2-8H2,1H3,(H,33,37)(H,34,35)/t12-,13?,18+,22?/m1/s1. The van der Waals surface area contributed by atoms with Gasteiger partial charge in [0.25, 0.3) is 5.91 Å². The average molecular weight is 581 g/mol. The molecule has 0 unspecified atom stereocenters. The molecule has 1 saturated carbocycles. The number of piperidine rings is 1. The number of ether oxygens (including phenoxy) is 1. The van der Waals surface area contributed by atoms with Crippen molar-refractivity contribution in [3.05, 3.63) is 29.8 Å². The molecule has 220 valence electrons. The molecule has 4 rings (SSSR count). The monoisotopic (exact) mass is 581 g/mol. The summed E-state index contributed by atoms with van der Waals surface area (Å²) in [5, 5.41) is 18.4. The number of nitrogens with one attached hydrogen (secondary N) is 2. The van der Waals surface area contributed by atoms with Gasteiger partial charge in [0.15, 0.2) is 11.4 Å². The van der Waals surface area contributed by atoms with Crippen LogP contribution in [0.1, 0.15) is 49.0 Å². The number of carbonyl (C=O) groups excluding carboxylic acids is 2. The molecular formula is C24H26F7N5O4. The molecule has 2 atom stereocenters. The lowest BCUT2D eigenvalue weighted by molar-refractivity contribution is -0.270. The van der Waals surface area contributed by atoms with Crippen molar-refractivity contribution in [3.63, 3.8) is 0 Å². The van der Waals surface area contributed by atoms with E-state index in [1.54, 1.807) is 0 Å². The van der Waals surface area contributed by atoms with E-state index in [1.165, 1.54) is 13.2 Å². The van der Waals surface area contributed by atoms with Crippen LogP contribution in [0, 0.1) is 11.7 Å². The smallest absolute Gasteiger partial charge is 0.417 e. The second-order valence-corrected chi connectivity index (χ2v) is 9.96. The van der Waals surface area contributed by atoms with Gasteiger partial charge in [0.1, 0.15) is 11.7 Å². The molecule has 1 saturated heterocycles. The van der Waals surface area contributed by atoms with E-state index in [0.717, 1.165) is 12.3 Å². The summed E-state index contributed by atoms with van der Waals surface area (Å²) in [5.74, 6) is -3.70. The van der Waals surface area contributed by atoms with E-state index >= 15 is 0 Å². The van der Waals surface area contributed by atoms with Gasteiger partial charge in [0.2, 0.25) is 11.8 Å². The molecule has 2 aromatic rings. The number of likely N-dealkylation sites (tertiary alicyclic amines) is 1. The summed E-state index contributed by atoms with van der Waals surface area (Å²) < 4.78 is 100. The number of rotatable bonds is 5. The highest BCUT2D eigenvalue weighted by atomic mass is 19.4. The molecule has 2 fully saturated rings. The maximum atomic E-state index is 14.2. The van der Waals surface area contributed by atoms with Gasteiger partial charge in [-0.3, -0.25) is 14.7 Å². The van der Waals surface area contributed by atoms with E-state index in [9.17, 15) is 45.4 Å². The lowest BCUT2D eigenvalue weighted by Gasteiger charge is -2.41. The second-order valence-electron chi connectivity index (χ2n) is 9.96. The maximum Gasteiger partial charge on any atom is 0.417 e. The van der Waals surface area contributed by atoms with Gasteiger partial charge in [-0.05, 0) is 44.6 Å². The van der Waals surface area contributed by atoms with Crippen LogP contribution in [0.5, 0.6) is 5.88 Å². The number of alkyl halides is 6. The number of methoxy groups -OCH3 is 1. The first-order valence-electron chi connectivity index (χ1n) is 12.4. The summed E-state index contributed by atoms with van der Waals surface area (Å²) in [4.78, 5) is 30.1. The van der Waals surface area contributed by atoms with Crippen LogP contribution in [0.4, 0.5) is 30.7 Å². The molecule has 40 heavy (non-hydrogen) atoms. The Bertz CT molecular complexity index is 1240. The number of hydrogen-bond acceptors (Lipinski definition) is 6. The van der Waals surface area contributed by atoms with Gasteiger partial charge in [-0.25, -0.2) is 9.37 Å². The molecule has 3 N–H and O–H groups in total. The number of H-pyrrole nitrogens is 1. The second kappa shape index (κ2) is 10.9. The Labute approximate surface area is 223 Å². The Balaban J connectivity index is 1.43. The first-order valence-corrected chi connectivity index (χ1v) is 12.4. The molecule has 0 radical (unpaired) electrons. The Kier molecular flexibility index (Phi) is 8.02. The van der Waals surface area contributed by atoms with Crippen molar-refractivity contribution in [1.29, 1.82) is 0 Å². The van der Waals surface area contributed by atoms with E-state index in [4.69, 9.17) is 4.74 Å². The summed E-state index contributed by atoms with van der Waals surface area (Å²) in [6.07, 6.45) is -11.4. The highest BCUT2D eigenvalue weighted by Gasteiger charge is 2.55. The molecule has 3 heterocycles. The minimum Gasteiger partial charge on any atom is -0.481 e. The number of pyridine rings is 1. The van der Waals surface area contributed by atoms with Crippen LogP contribution < -0.4 is 10.1 Å². The van der Waals surface area contributed by atoms with Crippen LogP contribution in [-0.2, 0) is 4.79 Å². The van der Waals surface area contributed by atoms with Gasteiger partial charge < -0.3 is 20.1 Å². The molecule has 0 aromatic carbocycles. The van der Waals surface area contributed by atoms with Gasteiger partial charge in [-0.1, -0.05) is 0 Å². The predicted molar refractivity (Wildman–Crippen MR) is 123 cm³/mol. The predicted octanol–water partition coefficient (Wildman–Crippen LogP) is 3.75. The maximum absolute atomic E-state index is 14.2. The van der Waals surface area contributed by atoms with Gasteiger partial charge >= 0.3 is 12.4 Å². The van der Waals surface area contributed by atoms with Crippen LogP contribution in [0.25, 0.3) is 11.3 Å². The number of aromatic nitrogens is 3. The van der Waals surface area contributed by atoms with Crippen LogP contribution in [0.3, 0.4) is 0 Å². The minimum atomic E-state index is -4.89. The zero-order chi connectivity index (χ0) is 29.5. The summed E-state index contributed by atoms with van der Waals surface area (Å²) in [6.45, 7) is -0.439. The van der Waals surface area contributed by atoms with Gasteiger partial charge in [0, 0.05) is 30.1 Å². The topological polar surface area (TPSA) is 120 Å². The van der Waals surface area contributed by atoms with Crippen molar-refractivity contribution in [2.24, 2.45) is 5.92 Å². The fourth-order valence-electron chi connectivity index (χ4n) is 5.05. The van der Waals surface area contributed by atoms with E-state index in [0.29, 0.717) is 4.90 Å². The van der Waals surface area contributed by atoms with Crippen molar-refractivity contribution in [2.45, 2.75) is 68.6 Å². The Hall–Kier alpha value is -3.43. The van der Waals surface area contributed by atoms with E-state index in [-0.39, 0.29) is 42.1 Å². The van der Waals surface area contributed by atoms with E-state index in [2.05, 4.69) is 20.5 Å². The zero-order valence-corrected chi connectivity index (χ0v) is 21.1. The van der Waals surface area contributed by atoms with E-state index < -0.39 is 79.4 Å². The number of carbonyl (C=O) groups is 2. The van der Waals surface area contributed by atoms with Gasteiger partial charge in [-0.15, -0.1) is 0 Å². The van der Waals surface area contributed by atoms with Gasteiger partial charge in [-0.2, -0.15) is 31.4 Å². The number of aromatic amines is 1. The number of aliphatic hydroxyl groups is 1. The molecule has 1 aliphatic heterocycles. The molecule has 9 nitrogen and oxygen atoms in total. The molecule has 2 aromatic heterocycles. The molecule has 0 bridgehead atoms. The third-order valence-electron chi connectivity index (χ3n) is 7.42. The summed E-state index contributed by atoms with van der Waals surface area (Å²) in [6, 6.07) is -0.749. The lowest BCUT2D eigenvalue weighted by Crippen LogP contribution is -2.56. The third kappa shape index (κ3) is 6.00. The highest BCUT2D eigenvalue weighted by molar-refractivity contribution is 5.94. The molecule has 16 heteroatoms. The number of hydrogen-bond donors (Lipinski definition) is 3. The third-order valence-corrected chi connectivity index (χ3v) is 7.42. The first kappa shape index (κ1) is 29.6. The fraction of sp³-hybridized carbons (Fsp3) is 0.583. The lowest BCUT2D eigenvalue weighted by atomic mass is 9.81. The Morgan fingerprint density at radius 3 is 2.42 bits per heavy atom. The average Bonchev–Trinajstić information content (AvgIpc) is 3.38. The normalized spacial score (nSPS) is 25.9. The summed E-state index contributed by atoms with van der Waals surface area (Å²) in [5.41, 5.74) is -3.35. The number of halogens is 7. The van der Waals surface area contributed by atoms with Crippen LogP contribution >= 0.6 is 0 Å². The highest BCUT2D eigenvalue weighted by Crippen LogP contribution is 2.42. The largest absolute Gasteiger partial charge is 0.481 e. The fourth-order valence-corrected chi connectivity index (χ4v) is 5.05. The minimum absolute atomic E-state index is 0.0500. The van der Waals surface area contributed by atoms with Crippen molar-refractivity contribution >= 4 is 11.8 Å². The van der Waals surface area contributed by atoms with Crippen LogP contribution in [0.15, 0.2) is 18.3 Å². The number of amides is 2. The van der Waals surface area contributed by atoms with Crippen LogP contribution in [-0.4, -0.2) is 80.7 Å².